The zero-order chi connectivity index (χ0) is 20.9. The molecule has 0 aliphatic carbocycles. The number of amides is 1. The number of aromatic nitrogens is 1. The minimum atomic E-state index is 0.232. The molecule has 3 heterocycles. The Hall–Kier alpha value is -1.34. The maximum atomic E-state index is 12.6. The van der Waals surface area contributed by atoms with E-state index in [1.165, 1.54) is 0 Å². The topological polar surface area (TPSA) is 45.7 Å². The molecule has 0 radical (unpaired) electrons. The van der Waals surface area contributed by atoms with Crippen molar-refractivity contribution in [3.05, 3.63) is 45.4 Å². The zero-order valence-corrected chi connectivity index (χ0v) is 19.3. The van der Waals surface area contributed by atoms with Crippen LogP contribution >= 0.6 is 34.5 Å². The van der Waals surface area contributed by atoms with Crippen molar-refractivity contribution < 1.29 is 9.53 Å². The predicted octanol–water partition coefficient (Wildman–Crippen LogP) is 4.92. The lowest BCUT2D eigenvalue weighted by atomic mass is 9.98. The Bertz CT molecular complexity index is 833. The number of hydrogen-bond acceptors (Lipinski definition) is 5. The fourth-order valence-electron chi connectivity index (χ4n) is 4.35. The Kier molecular flexibility index (Phi) is 7.52. The molecule has 0 unspecified atom stereocenters. The molecule has 0 saturated carbocycles. The third kappa shape index (κ3) is 5.67. The van der Waals surface area contributed by atoms with E-state index in [2.05, 4.69) is 9.88 Å². The van der Waals surface area contributed by atoms with Gasteiger partial charge in [-0.2, -0.15) is 0 Å². The zero-order valence-electron chi connectivity index (χ0n) is 16.9. The number of rotatable bonds is 6. The predicted molar refractivity (Wildman–Crippen MR) is 122 cm³/mol. The first kappa shape index (κ1) is 21.9. The molecule has 2 saturated heterocycles. The van der Waals surface area contributed by atoms with Gasteiger partial charge < -0.3 is 9.64 Å². The summed E-state index contributed by atoms with van der Waals surface area (Å²) in [4.78, 5) is 21.5. The first-order valence-corrected chi connectivity index (χ1v) is 12.2. The molecule has 2 fully saturated rings. The maximum absolute atomic E-state index is 12.6. The Labute approximate surface area is 191 Å². The van der Waals surface area contributed by atoms with Crippen molar-refractivity contribution in [3.8, 4) is 5.19 Å². The molecule has 2 aromatic rings. The lowest BCUT2D eigenvalue weighted by molar-refractivity contribution is -0.132. The van der Waals surface area contributed by atoms with E-state index < -0.39 is 0 Å². The second-order valence-electron chi connectivity index (χ2n) is 8.01. The van der Waals surface area contributed by atoms with E-state index in [0.29, 0.717) is 28.9 Å². The number of ether oxygens (including phenoxy) is 1. The third-order valence-electron chi connectivity index (χ3n) is 6.10. The highest BCUT2D eigenvalue weighted by molar-refractivity contribution is 7.11. The van der Waals surface area contributed by atoms with Gasteiger partial charge in [-0.3, -0.25) is 9.69 Å². The summed E-state index contributed by atoms with van der Waals surface area (Å²) in [6.07, 6.45) is 7.46. The van der Waals surface area contributed by atoms with E-state index in [9.17, 15) is 4.79 Å². The molecule has 162 valence electrons. The Morgan fingerprint density at radius 2 is 1.87 bits per heavy atom. The number of carbonyl (C=O) groups is 1. The van der Waals surface area contributed by atoms with Crippen LogP contribution in [0.5, 0.6) is 5.19 Å². The molecule has 30 heavy (non-hydrogen) atoms. The molecule has 2 aliphatic heterocycles. The van der Waals surface area contributed by atoms with E-state index >= 15 is 0 Å². The van der Waals surface area contributed by atoms with Gasteiger partial charge in [-0.25, -0.2) is 4.98 Å². The van der Waals surface area contributed by atoms with Gasteiger partial charge in [0.2, 0.25) is 5.91 Å². The summed E-state index contributed by atoms with van der Waals surface area (Å²) in [6.45, 7) is 3.82. The number of halogens is 2. The summed E-state index contributed by atoms with van der Waals surface area (Å²) in [7, 11) is 0. The van der Waals surface area contributed by atoms with Crippen LogP contribution in [0, 0.1) is 0 Å². The maximum Gasteiger partial charge on any atom is 0.273 e. The molecule has 1 aromatic carbocycles. The number of likely N-dealkylation sites (tertiary alicyclic amines) is 2. The van der Waals surface area contributed by atoms with Crippen LogP contribution in [0.25, 0.3) is 0 Å². The largest absolute Gasteiger partial charge is 0.467 e. The second-order valence-corrected chi connectivity index (χ2v) is 9.68. The highest BCUT2D eigenvalue weighted by Crippen LogP contribution is 2.26. The van der Waals surface area contributed by atoms with Crippen molar-refractivity contribution in [2.45, 2.75) is 50.7 Å². The number of piperidine rings is 2. The molecule has 0 atom stereocenters. The number of carbonyl (C=O) groups excluding carboxylic acids is 1. The summed E-state index contributed by atoms with van der Waals surface area (Å²) in [5.41, 5.74) is 1.05. The smallest absolute Gasteiger partial charge is 0.273 e. The van der Waals surface area contributed by atoms with Crippen LogP contribution < -0.4 is 4.74 Å². The number of benzene rings is 1. The minimum absolute atomic E-state index is 0.232. The monoisotopic (exact) mass is 467 g/mol. The van der Waals surface area contributed by atoms with E-state index in [1.807, 2.05) is 22.4 Å². The van der Waals surface area contributed by atoms with Crippen molar-refractivity contribution in [2.75, 3.05) is 26.2 Å². The SMILES string of the molecule is O=C(CCc1ccc(Cl)c(Cl)c1)N1CCC(N2CCC(Oc3nccs3)CC2)CC1. The van der Waals surface area contributed by atoms with Gasteiger partial charge >= 0.3 is 0 Å². The van der Waals surface area contributed by atoms with E-state index in [0.717, 1.165) is 62.6 Å². The van der Waals surface area contributed by atoms with Gasteiger partial charge in [-0.1, -0.05) is 40.6 Å². The second kappa shape index (κ2) is 10.3. The number of hydrogen-bond donors (Lipinski definition) is 0. The van der Waals surface area contributed by atoms with Crippen LogP contribution in [0.1, 0.15) is 37.7 Å². The van der Waals surface area contributed by atoms with E-state index in [-0.39, 0.29) is 12.0 Å². The average molecular weight is 468 g/mol. The van der Waals surface area contributed by atoms with Gasteiger partial charge in [0.25, 0.3) is 5.19 Å². The van der Waals surface area contributed by atoms with Crippen LogP contribution in [0.2, 0.25) is 10.0 Å². The standard InChI is InChI=1S/C22H27Cl2N3O2S/c23-19-3-1-16(15-20(19)24)2-4-21(28)27-10-5-17(6-11-27)26-12-7-18(8-13-26)29-22-25-9-14-30-22/h1,3,9,14-15,17-18H,2,4-8,10-13H2. The quantitative estimate of drug-likeness (QED) is 0.604. The number of nitrogens with zero attached hydrogens (tertiary/aromatic N) is 3. The third-order valence-corrected chi connectivity index (χ3v) is 7.50. The molecule has 1 aromatic heterocycles. The summed E-state index contributed by atoms with van der Waals surface area (Å²) >= 11 is 13.6. The summed E-state index contributed by atoms with van der Waals surface area (Å²) in [6, 6.07) is 6.16. The Balaban J connectivity index is 1.17. The van der Waals surface area contributed by atoms with E-state index in [1.54, 1.807) is 23.6 Å². The van der Waals surface area contributed by atoms with Crippen molar-refractivity contribution in [3.63, 3.8) is 0 Å². The average Bonchev–Trinajstić information content (AvgIpc) is 3.28. The molecule has 4 rings (SSSR count). The first-order valence-electron chi connectivity index (χ1n) is 10.6. The highest BCUT2D eigenvalue weighted by Gasteiger charge is 2.30. The van der Waals surface area contributed by atoms with Crippen LogP contribution in [0.3, 0.4) is 0 Å². The lowest BCUT2D eigenvalue weighted by Gasteiger charge is -2.41. The fourth-order valence-corrected chi connectivity index (χ4v) is 5.23. The van der Waals surface area contributed by atoms with Crippen LogP contribution in [-0.4, -0.2) is 59.0 Å². The molecular weight excluding hydrogens is 441 g/mol. The van der Waals surface area contributed by atoms with Crippen molar-refractivity contribution in [2.24, 2.45) is 0 Å². The normalized spacial score (nSPS) is 19.2. The Morgan fingerprint density at radius 3 is 2.53 bits per heavy atom. The van der Waals surface area contributed by atoms with E-state index in [4.69, 9.17) is 27.9 Å². The molecule has 8 heteroatoms. The van der Waals surface area contributed by atoms with Crippen molar-refractivity contribution in [1.29, 1.82) is 0 Å². The number of aryl methyl sites for hydroxylation is 1. The van der Waals surface area contributed by atoms with Crippen molar-refractivity contribution in [1.82, 2.24) is 14.8 Å². The molecule has 0 bridgehead atoms. The van der Waals surface area contributed by atoms with Crippen LogP contribution in [0.4, 0.5) is 0 Å². The first-order chi connectivity index (χ1) is 14.6. The molecule has 0 N–H and O–H groups in total. The summed E-state index contributed by atoms with van der Waals surface area (Å²) in [5.74, 6) is 0.232. The van der Waals surface area contributed by atoms with Crippen LogP contribution in [-0.2, 0) is 11.2 Å². The van der Waals surface area contributed by atoms with Gasteiger partial charge in [-0.05, 0) is 49.8 Å². The van der Waals surface area contributed by atoms with Gasteiger partial charge in [-0.15, -0.1) is 0 Å². The summed E-state index contributed by atoms with van der Waals surface area (Å²) < 4.78 is 5.97. The van der Waals surface area contributed by atoms with Gasteiger partial charge in [0.15, 0.2) is 0 Å². The fraction of sp³-hybridized carbons (Fsp3) is 0.545. The molecule has 1 amide bonds. The number of thiazole rings is 1. The Morgan fingerprint density at radius 1 is 1.10 bits per heavy atom. The van der Waals surface area contributed by atoms with Gasteiger partial charge in [0.05, 0.1) is 10.0 Å². The van der Waals surface area contributed by atoms with Gasteiger partial charge in [0, 0.05) is 50.2 Å². The highest BCUT2D eigenvalue weighted by atomic mass is 35.5. The summed E-state index contributed by atoms with van der Waals surface area (Å²) in [5, 5.41) is 3.82. The molecule has 2 aliphatic rings. The molecule has 5 nitrogen and oxygen atoms in total. The lowest BCUT2D eigenvalue weighted by Crippen LogP contribution is -2.50. The van der Waals surface area contributed by atoms with Crippen LogP contribution in [0.15, 0.2) is 29.8 Å². The van der Waals surface area contributed by atoms with Crippen molar-refractivity contribution >= 4 is 40.4 Å². The molecule has 0 spiro atoms. The van der Waals surface area contributed by atoms with Gasteiger partial charge in [0.1, 0.15) is 6.10 Å². The minimum Gasteiger partial charge on any atom is -0.467 e. The molecular formula is C22H27Cl2N3O2S.